The highest BCUT2D eigenvalue weighted by molar-refractivity contribution is 5.79. The zero-order chi connectivity index (χ0) is 12.5. The summed E-state index contributed by atoms with van der Waals surface area (Å²) in [6.07, 6.45) is 1.24. The van der Waals surface area contributed by atoms with Crippen molar-refractivity contribution >= 4 is 10.9 Å². The van der Waals surface area contributed by atoms with Crippen molar-refractivity contribution in [3.8, 4) is 0 Å². The van der Waals surface area contributed by atoms with Crippen LogP contribution in [0.1, 0.15) is 30.5 Å². The molecule has 1 fully saturated rings. The van der Waals surface area contributed by atoms with Gasteiger partial charge in [-0.1, -0.05) is 19.1 Å². The monoisotopic (exact) mass is 240 g/mol. The number of pyridine rings is 1. The Balaban J connectivity index is 1.99. The second-order valence-electron chi connectivity index (χ2n) is 5.48. The molecule has 0 saturated carbocycles. The molecule has 2 aromatic rings. The number of aromatic nitrogens is 1. The van der Waals surface area contributed by atoms with Crippen LogP contribution in [0.15, 0.2) is 30.3 Å². The summed E-state index contributed by atoms with van der Waals surface area (Å²) >= 11 is 0. The third kappa shape index (κ3) is 2.13. The zero-order valence-electron chi connectivity index (χ0n) is 11.1. The van der Waals surface area contributed by atoms with Crippen molar-refractivity contribution in [2.24, 2.45) is 5.92 Å². The third-order valence-electron chi connectivity index (χ3n) is 4.07. The molecular formula is C16H20N2. The molecule has 0 aliphatic carbocycles. The second kappa shape index (κ2) is 4.69. The molecule has 2 nitrogen and oxygen atoms in total. The van der Waals surface area contributed by atoms with Crippen LogP contribution < -0.4 is 5.32 Å². The standard InChI is InChI=1S/C16H20N2/c1-11-10-17-8-7-15(11)13-5-6-16-14(9-13)4-3-12(2)18-16/h3-6,9,11,15,17H,7-8,10H2,1-2H3. The highest BCUT2D eigenvalue weighted by Gasteiger charge is 2.22. The number of nitrogens with one attached hydrogen (secondary N) is 1. The summed E-state index contributed by atoms with van der Waals surface area (Å²) in [6.45, 7) is 6.66. The van der Waals surface area contributed by atoms with E-state index in [0.717, 1.165) is 30.2 Å². The van der Waals surface area contributed by atoms with Crippen molar-refractivity contribution in [1.82, 2.24) is 10.3 Å². The van der Waals surface area contributed by atoms with Gasteiger partial charge in [-0.25, -0.2) is 0 Å². The number of benzene rings is 1. The fourth-order valence-corrected chi connectivity index (χ4v) is 2.99. The summed E-state index contributed by atoms with van der Waals surface area (Å²) in [5.74, 6) is 1.41. The van der Waals surface area contributed by atoms with Crippen LogP contribution in [0.4, 0.5) is 0 Å². The van der Waals surface area contributed by atoms with Gasteiger partial charge in [0.05, 0.1) is 5.52 Å². The number of rotatable bonds is 1. The lowest BCUT2D eigenvalue weighted by molar-refractivity contribution is 0.350. The quantitative estimate of drug-likeness (QED) is 0.827. The summed E-state index contributed by atoms with van der Waals surface area (Å²) in [6, 6.07) is 11.0. The molecular weight excluding hydrogens is 220 g/mol. The third-order valence-corrected chi connectivity index (χ3v) is 4.07. The first-order valence-corrected chi connectivity index (χ1v) is 6.82. The van der Waals surface area contributed by atoms with Crippen molar-refractivity contribution in [2.45, 2.75) is 26.2 Å². The molecule has 1 aliphatic heterocycles. The molecule has 1 aromatic heterocycles. The zero-order valence-corrected chi connectivity index (χ0v) is 11.1. The fourth-order valence-electron chi connectivity index (χ4n) is 2.99. The van der Waals surface area contributed by atoms with Gasteiger partial charge in [0.1, 0.15) is 0 Å². The van der Waals surface area contributed by atoms with Gasteiger partial charge >= 0.3 is 0 Å². The first-order valence-electron chi connectivity index (χ1n) is 6.82. The molecule has 3 rings (SSSR count). The van der Waals surface area contributed by atoms with Gasteiger partial charge in [0, 0.05) is 11.1 Å². The highest BCUT2D eigenvalue weighted by Crippen LogP contribution is 2.31. The molecule has 0 spiro atoms. The van der Waals surface area contributed by atoms with E-state index in [-0.39, 0.29) is 0 Å². The Bertz CT molecular complexity index is 562. The fraction of sp³-hybridized carbons (Fsp3) is 0.438. The molecule has 1 saturated heterocycles. The Hall–Kier alpha value is -1.41. The maximum Gasteiger partial charge on any atom is 0.0705 e. The molecule has 0 amide bonds. The Morgan fingerprint density at radius 3 is 2.94 bits per heavy atom. The smallest absolute Gasteiger partial charge is 0.0705 e. The lowest BCUT2D eigenvalue weighted by atomic mass is 9.82. The van der Waals surface area contributed by atoms with Gasteiger partial charge in [-0.2, -0.15) is 0 Å². The van der Waals surface area contributed by atoms with E-state index in [1.807, 2.05) is 6.92 Å². The number of fused-ring (bicyclic) bond motifs is 1. The summed E-state index contributed by atoms with van der Waals surface area (Å²) in [5, 5.41) is 4.73. The van der Waals surface area contributed by atoms with E-state index in [0.29, 0.717) is 5.92 Å². The Labute approximate surface area is 108 Å². The summed E-state index contributed by atoms with van der Waals surface area (Å²) in [5.41, 5.74) is 3.67. The van der Waals surface area contributed by atoms with E-state index in [2.05, 4.69) is 47.6 Å². The van der Waals surface area contributed by atoms with Crippen molar-refractivity contribution in [3.63, 3.8) is 0 Å². The highest BCUT2D eigenvalue weighted by atomic mass is 14.9. The molecule has 2 heteroatoms. The summed E-state index contributed by atoms with van der Waals surface area (Å²) in [4.78, 5) is 4.57. The first-order chi connectivity index (χ1) is 8.74. The molecule has 1 aliphatic rings. The van der Waals surface area contributed by atoms with Crippen LogP contribution in [0, 0.1) is 12.8 Å². The van der Waals surface area contributed by atoms with E-state index in [1.54, 1.807) is 0 Å². The van der Waals surface area contributed by atoms with Gasteiger partial charge in [0.2, 0.25) is 0 Å². The van der Waals surface area contributed by atoms with Gasteiger partial charge in [0.15, 0.2) is 0 Å². The van der Waals surface area contributed by atoms with Crippen LogP contribution in [-0.2, 0) is 0 Å². The van der Waals surface area contributed by atoms with Crippen LogP contribution >= 0.6 is 0 Å². The predicted molar refractivity (Wildman–Crippen MR) is 75.9 cm³/mol. The topological polar surface area (TPSA) is 24.9 Å². The van der Waals surface area contributed by atoms with Crippen LogP contribution in [0.3, 0.4) is 0 Å². The lowest BCUT2D eigenvalue weighted by Gasteiger charge is -2.30. The summed E-state index contributed by atoms with van der Waals surface area (Å²) in [7, 11) is 0. The van der Waals surface area contributed by atoms with E-state index in [1.165, 1.54) is 17.4 Å². The van der Waals surface area contributed by atoms with Crippen molar-refractivity contribution in [2.75, 3.05) is 13.1 Å². The molecule has 1 N–H and O–H groups in total. The van der Waals surface area contributed by atoms with Crippen LogP contribution in [0.2, 0.25) is 0 Å². The number of hydrogen-bond donors (Lipinski definition) is 1. The lowest BCUT2D eigenvalue weighted by Crippen LogP contribution is -2.33. The van der Waals surface area contributed by atoms with E-state index >= 15 is 0 Å². The maximum absolute atomic E-state index is 4.57. The Kier molecular flexibility index (Phi) is 3.04. The first kappa shape index (κ1) is 11.7. The molecule has 0 bridgehead atoms. The van der Waals surface area contributed by atoms with Gasteiger partial charge in [-0.05, 0) is 62.0 Å². The van der Waals surface area contributed by atoms with Crippen LogP contribution in [-0.4, -0.2) is 18.1 Å². The average molecular weight is 240 g/mol. The minimum Gasteiger partial charge on any atom is -0.316 e. The molecule has 2 heterocycles. The minimum absolute atomic E-state index is 0.692. The van der Waals surface area contributed by atoms with Crippen LogP contribution in [0.5, 0.6) is 0 Å². The predicted octanol–water partition coefficient (Wildman–Crippen LogP) is 3.26. The molecule has 18 heavy (non-hydrogen) atoms. The minimum atomic E-state index is 0.692. The second-order valence-corrected chi connectivity index (χ2v) is 5.48. The SMILES string of the molecule is Cc1ccc2cc(C3CCNCC3C)ccc2n1. The van der Waals surface area contributed by atoms with Gasteiger partial charge < -0.3 is 5.32 Å². The normalized spacial score (nSPS) is 24.3. The molecule has 0 radical (unpaired) electrons. The van der Waals surface area contributed by atoms with Crippen molar-refractivity contribution < 1.29 is 0 Å². The Morgan fingerprint density at radius 1 is 1.22 bits per heavy atom. The Morgan fingerprint density at radius 2 is 2.11 bits per heavy atom. The number of piperidine rings is 1. The van der Waals surface area contributed by atoms with Crippen LogP contribution in [0.25, 0.3) is 10.9 Å². The van der Waals surface area contributed by atoms with Crippen molar-refractivity contribution in [3.05, 3.63) is 41.6 Å². The molecule has 2 unspecified atom stereocenters. The number of nitrogens with zero attached hydrogens (tertiary/aromatic N) is 1. The molecule has 1 aromatic carbocycles. The van der Waals surface area contributed by atoms with Crippen molar-refractivity contribution in [1.29, 1.82) is 0 Å². The average Bonchev–Trinajstić information content (AvgIpc) is 2.39. The van der Waals surface area contributed by atoms with E-state index in [4.69, 9.17) is 0 Å². The van der Waals surface area contributed by atoms with Gasteiger partial charge in [0.25, 0.3) is 0 Å². The molecule has 2 atom stereocenters. The largest absolute Gasteiger partial charge is 0.316 e. The summed E-state index contributed by atoms with van der Waals surface area (Å²) < 4.78 is 0. The number of aryl methyl sites for hydroxylation is 1. The van der Waals surface area contributed by atoms with Gasteiger partial charge in [-0.3, -0.25) is 4.98 Å². The van der Waals surface area contributed by atoms with Gasteiger partial charge in [-0.15, -0.1) is 0 Å². The molecule has 94 valence electrons. The van der Waals surface area contributed by atoms with E-state index < -0.39 is 0 Å². The number of hydrogen-bond acceptors (Lipinski definition) is 2. The van der Waals surface area contributed by atoms with E-state index in [9.17, 15) is 0 Å². The maximum atomic E-state index is 4.57.